The van der Waals surface area contributed by atoms with Gasteiger partial charge in [0.15, 0.2) is 6.10 Å². The molecule has 0 aliphatic carbocycles. The van der Waals surface area contributed by atoms with Crippen molar-refractivity contribution in [3.8, 4) is 5.75 Å². The molecule has 0 heterocycles. The summed E-state index contributed by atoms with van der Waals surface area (Å²) < 4.78 is 5.78. The van der Waals surface area contributed by atoms with Crippen LogP contribution in [0.25, 0.3) is 0 Å². The van der Waals surface area contributed by atoms with Gasteiger partial charge in [-0.05, 0) is 73.9 Å². The monoisotopic (exact) mass is 391 g/mol. The molecule has 1 atom stereocenters. The lowest BCUT2D eigenvalue weighted by atomic mass is 10.1. The maximum Gasteiger partial charge on any atom is 0.265 e. The third kappa shape index (κ3) is 5.64. The molecule has 3 nitrogen and oxygen atoms in total. The van der Waals surface area contributed by atoms with Crippen LogP contribution in [0.2, 0.25) is 0 Å². The van der Waals surface area contributed by atoms with Crippen molar-refractivity contribution in [2.24, 2.45) is 0 Å². The second-order valence-corrected chi connectivity index (χ2v) is 7.84. The van der Waals surface area contributed by atoms with Gasteiger partial charge >= 0.3 is 0 Å². The highest BCUT2D eigenvalue weighted by atomic mass is 32.2. The molecule has 3 aromatic carbocycles. The number of amides is 1. The fourth-order valence-electron chi connectivity index (χ4n) is 2.66. The predicted octanol–water partition coefficient (Wildman–Crippen LogP) is 6.00. The maximum atomic E-state index is 12.4. The number of benzene rings is 3. The maximum absolute atomic E-state index is 12.4. The van der Waals surface area contributed by atoms with Crippen LogP contribution in [0.1, 0.15) is 23.6 Å². The third-order valence-corrected chi connectivity index (χ3v) is 5.61. The van der Waals surface area contributed by atoms with E-state index in [-0.39, 0.29) is 5.91 Å². The first kappa shape index (κ1) is 20.0. The summed E-state index contributed by atoms with van der Waals surface area (Å²) in [5, 5.41) is 2.92. The van der Waals surface area contributed by atoms with E-state index in [1.54, 1.807) is 18.7 Å². The fraction of sp³-hybridized carbons (Fsp3) is 0.208. The number of anilines is 1. The van der Waals surface area contributed by atoms with Crippen molar-refractivity contribution >= 4 is 23.4 Å². The molecule has 0 aliphatic heterocycles. The molecule has 28 heavy (non-hydrogen) atoms. The van der Waals surface area contributed by atoms with Crippen molar-refractivity contribution in [3.63, 3.8) is 0 Å². The number of carbonyl (C=O) groups excluding carboxylic acids is 1. The standard InChI is InChI=1S/C24H25NO2S/c1-17-9-14-22(15-18(17)2)27-19(3)24(26)25-21-12-10-20(11-13-21)16-28-23-7-5-4-6-8-23/h4-15,19H,16H2,1-3H3,(H,25,26)/t19-/m0/s1. The van der Waals surface area contributed by atoms with Gasteiger partial charge in [-0.15, -0.1) is 11.8 Å². The highest BCUT2D eigenvalue weighted by Gasteiger charge is 2.15. The minimum Gasteiger partial charge on any atom is -0.481 e. The largest absolute Gasteiger partial charge is 0.481 e. The summed E-state index contributed by atoms with van der Waals surface area (Å²) in [4.78, 5) is 13.7. The Balaban J connectivity index is 1.52. The number of rotatable bonds is 7. The Hall–Kier alpha value is -2.72. The van der Waals surface area contributed by atoms with Crippen molar-refractivity contribution in [1.82, 2.24) is 0 Å². The van der Waals surface area contributed by atoms with Crippen LogP contribution < -0.4 is 10.1 Å². The van der Waals surface area contributed by atoms with Crippen LogP contribution in [0.3, 0.4) is 0 Å². The van der Waals surface area contributed by atoms with Gasteiger partial charge < -0.3 is 10.1 Å². The van der Waals surface area contributed by atoms with Crippen LogP contribution in [0.4, 0.5) is 5.69 Å². The molecule has 0 aliphatic rings. The van der Waals surface area contributed by atoms with Crippen LogP contribution >= 0.6 is 11.8 Å². The zero-order valence-electron chi connectivity index (χ0n) is 16.4. The normalized spacial score (nSPS) is 11.7. The van der Waals surface area contributed by atoms with Gasteiger partial charge in [-0.2, -0.15) is 0 Å². The summed E-state index contributed by atoms with van der Waals surface area (Å²) in [6.07, 6.45) is -0.574. The van der Waals surface area contributed by atoms with Crippen LogP contribution in [0, 0.1) is 13.8 Å². The number of ether oxygens (including phenoxy) is 1. The number of carbonyl (C=O) groups is 1. The molecule has 3 rings (SSSR count). The molecule has 0 saturated heterocycles. The van der Waals surface area contributed by atoms with E-state index in [0.29, 0.717) is 5.75 Å². The molecule has 1 N–H and O–H groups in total. The Morgan fingerprint density at radius 1 is 0.964 bits per heavy atom. The molecule has 0 radical (unpaired) electrons. The van der Waals surface area contributed by atoms with Gasteiger partial charge in [0.1, 0.15) is 5.75 Å². The predicted molar refractivity (Wildman–Crippen MR) is 117 cm³/mol. The molecular weight excluding hydrogens is 366 g/mol. The minimum atomic E-state index is -0.574. The molecule has 0 bridgehead atoms. The summed E-state index contributed by atoms with van der Waals surface area (Å²) in [6, 6.07) is 24.1. The van der Waals surface area contributed by atoms with E-state index in [1.807, 2.05) is 67.6 Å². The molecule has 144 valence electrons. The lowest BCUT2D eigenvalue weighted by Crippen LogP contribution is -2.30. The lowest BCUT2D eigenvalue weighted by Gasteiger charge is -2.16. The average molecular weight is 392 g/mol. The van der Waals surface area contributed by atoms with Gasteiger partial charge in [0.05, 0.1) is 0 Å². The highest BCUT2D eigenvalue weighted by Crippen LogP contribution is 2.23. The Morgan fingerprint density at radius 3 is 2.36 bits per heavy atom. The van der Waals surface area contributed by atoms with Crippen molar-refractivity contribution in [2.75, 3.05) is 5.32 Å². The van der Waals surface area contributed by atoms with Crippen LogP contribution in [0.5, 0.6) is 5.75 Å². The molecule has 0 aromatic heterocycles. The Morgan fingerprint density at radius 2 is 1.68 bits per heavy atom. The van der Waals surface area contributed by atoms with Crippen LogP contribution in [-0.2, 0) is 10.5 Å². The Labute approximate surface area is 171 Å². The number of hydrogen-bond acceptors (Lipinski definition) is 3. The topological polar surface area (TPSA) is 38.3 Å². The second-order valence-electron chi connectivity index (χ2n) is 6.79. The van der Waals surface area contributed by atoms with Crippen molar-refractivity contribution in [1.29, 1.82) is 0 Å². The first-order chi connectivity index (χ1) is 13.5. The van der Waals surface area contributed by atoms with Gasteiger partial charge in [-0.25, -0.2) is 0 Å². The van der Waals surface area contributed by atoms with Gasteiger partial charge in [0.25, 0.3) is 5.91 Å². The summed E-state index contributed by atoms with van der Waals surface area (Å²) in [6.45, 7) is 5.84. The smallest absolute Gasteiger partial charge is 0.265 e. The van der Waals surface area contributed by atoms with E-state index < -0.39 is 6.10 Å². The molecule has 3 aromatic rings. The van der Waals surface area contributed by atoms with E-state index in [4.69, 9.17) is 4.74 Å². The molecular formula is C24H25NO2S. The van der Waals surface area contributed by atoms with Crippen LogP contribution in [-0.4, -0.2) is 12.0 Å². The average Bonchev–Trinajstić information content (AvgIpc) is 2.71. The van der Waals surface area contributed by atoms with Gasteiger partial charge in [0.2, 0.25) is 0 Å². The lowest BCUT2D eigenvalue weighted by molar-refractivity contribution is -0.122. The molecule has 0 saturated carbocycles. The first-order valence-electron chi connectivity index (χ1n) is 9.33. The Kier molecular flexibility index (Phi) is 6.77. The minimum absolute atomic E-state index is 0.162. The molecule has 4 heteroatoms. The molecule has 0 unspecified atom stereocenters. The Bertz CT molecular complexity index is 923. The van der Waals surface area contributed by atoms with Gasteiger partial charge in [-0.3, -0.25) is 4.79 Å². The highest BCUT2D eigenvalue weighted by molar-refractivity contribution is 7.98. The van der Waals surface area contributed by atoms with Crippen molar-refractivity contribution < 1.29 is 9.53 Å². The summed E-state index contributed by atoms with van der Waals surface area (Å²) in [5.41, 5.74) is 4.34. The van der Waals surface area contributed by atoms with E-state index in [1.165, 1.54) is 16.0 Å². The molecule has 0 fully saturated rings. The zero-order chi connectivity index (χ0) is 19.9. The molecule has 0 spiro atoms. The first-order valence-corrected chi connectivity index (χ1v) is 10.3. The van der Waals surface area contributed by atoms with Gasteiger partial charge in [-0.1, -0.05) is 36.4 Å². The SMILES string of the molecule is Cc1ccc(O[C@@H](C)C(=O)Nc2ccc(CSc3ccccc3)cc2)cc1C. The van der Waals surface area contributed by atoms with E-state index in [0.717, 1.165) is 17.0 Å². The number of hydrogen-bond donors (Lipinski definition) is 1. The third-order valence-electron chi connectivity index (χ3n) is 4.53. The van der Waals surface area contributed by atoms with E-state index in [9.17, 15) is 4.79 Å². The fourth-order valence-corrected chi connectivity index (χ4v) is 3.53. The summed E-state index contributed by atoms with van der Waals surface area (Å²) in [5.74, 6) is 1.44. The molecule has 1 amide bonds. The number of thioether (sulfide) groups is 1. The van der Waals surface area contributed by atoms with Gasteiger partial charge in [0, 0.05) is 16.3 Å². The van der Waals surface area contributed by atoms with Crippen molar-refractivity contribution in [3.05, 3.63) is 89.5 Å². The van der Waals surface area contributed by atoms with Crippen molar-refractivity contribution in [2.45, 2.75) is 37.5 Å². The number of nitrogens with one attached hydrogen (secondary N) is 1. The zero-order valence-corrected chi connectivity index (χ0v) is 17.3. The number of aryl methyl sites for hydroxylation is 2. The van der Waals surface area contributed by atoms with E-state index >= 15 is 0 Å². The quantitative estimate of drug-likeness (QED) is 0.502. The summed E-state index contributed by atoms with van der Waals surface area (Å²) >= 11 is 1.79. The van der Waals surface area contributed by atoms with E-state index in [2.05, 4.69) is 24.4 Å². The summed E-state index contributed by atoms with van der Waals surface area (Å²) in [7, 11) is 0. The second kappa shape index (κ2) is 9.47. The van der Waals surface area contributed by atoms with Crippen LogP contribution in [0.15, 0.2) is 77.7 Å².